The van der Waals surface area contributed by atoms with Crippen molar-refractivity contribution in [2.45, 2.75) is 26.7 Å². The summed E-state index contributed by atoms with van der Waals surface area (Å²) < 4.78 is 17.1. The van der Waals surface area contributed by atoms with Crippen molar-refractivity contribution in [2.75, 3.05) is 0 Å². The fourth-order valence-corrected chi connectivity index (χ4v) is 5.89. The molecule has 1 heterocycles. The van der Waals surface area contributed by atoms with Crippen LogP contribution in [0.5, 0.6) is 0 Å². The van der Waals surface area contributed by atoms with E-state index in [-0.39, 0.29) is 11.3 Å². The third-order valence-electron chi connectivity index (χ3n) is 4.83. The van der Waals surface area contributed by atoms with Gasteiger partial charge in [-0.2, -0.15) is 9.78 Å². The minimum atomic E-state index is -0.390. The quantitative estimate of drug-likeness (QED) is 0.293. The van der Waals surface area contributed by atoms with Gasteiger partial charge in [0.1, 0.15) is 17.2 Å². The molecule has 0 unspecified atom stereocenters. The molecular formula is C21H16Br3FN4O. The molecule has 9 heteroatoms. The first-order valence-corrected chi connectivity index (χ1v) is 11.5. The summed E-state index contributed by atoms with van der Waals surface area (Å²) in [6.07, 6.45) is 1.31. The van der Waals surface area contributed by atoms with E-state index in [0.29, 0.717) is 35.5 Å². The molecule has 1 aliphatic rings. The van der Waals surface area contributed by atoms with Gasteiger partial charge in [-0.1, -0.05) is 29.8 Å². The summed E-state index contributed by atoms with van der Waals surface area (Å²) in [4.78, 5) is 13.0. The molecule has 0 saturated carbocycles. The van der Waals surface area contributed by atoms with Crippen molar-refractivity contribution in [3.8, 4) is 0 Å². The van der Waals surface area contributed by atoms with Crippen LogP contribution >= 0.6 is 47.8 Å². The monoisotopic (exact) mass is 596 g/mol. The molecule has 0 fully saturated rings. The van der Waals surface area contributed by atoms with E-state index in [0.717, 1.165) is 19.1 Å². The fourth-order valence-electron chi connectivity index (χ4n) is 3.47. The van der Waals surface area contributed by atoms with E-state index >= 15 is 0 Å². The smallest absolute Gasteiger partial charge is 0.267 e. The first-order chi connectivity index (χ1) is 14.1. The number of fused-ring (bicyclic) bond motifs is 2. The average Bonchev–Trinajstić information content (AvgIpc) is 2.88. The number of rotatable bonds is 3. The van der Waals surface area contributed by atoms with Crippen molar-refractivity contribution in [1.82, 2.24) is 9.78 Å². The molecule has 5 nitrogen and oxygen atoms in total. The lowest BCUT2D eigenvalue weighted by Gasteiger charge is -2.26. The lowest BCUT2D eigenvalue weighted by molar-refractivity contribution is 0.0941. The molecule has 1 aromatic heterocycles. The maximum absolute atomic E-state index is 13.3. The van der Waals surface area contributed by atoms with Crippen molar-refractivity contribution in [2.24, 2.45) is 15.6 Å². The number of azo groups is 1. The van der Waals surface area contributed by atoms with E-state index in [1.54, 1.807) is 0 Å². The van der Waals surface area contributed by atoms with E-state index < -0.39 is 5.82 Å². The molecular weight excluding hydrogens is 583 g/mol. The minimum Gasteiger partial charge on any atom is -0.267 e. The number of aromatic nitrogens is 2. The summed E-state index contributed by atoms with van der Waals surface area (Å²) in [7, 11) is 0. The van der Waals surface area contributed by atoms with Crippen LogP contribution in [0.1, 0.15) is 35.6 Å². The van der Waals surface area contributed by atoms with Gasteiger partial charge in [0.25, 0.3) is 5.91 Å². The highest BCUT2D eigenvalue weighted by Gasteiger charge is 2.35. The molecule has 0 atom stereocenters. The van der Waals surface area contributed by atoms with Gasteiger partial charge < -0.3 is 0 Å². The van der Waals surface area contributed by atoms with Gasteiger partial charge in [-0.05, 0) is 86.5 Å². The number of nitrogens with zero attached hydrogens (tertiary/aromatic N) is 4. The van der Waals surface area contributed by atoms with Gasteiger partial charge in [0.15, 0.2) is 0 Å². The summed E-state index contributed by atoms with van der Waals surface area (Å²) in [5.74, 6) is -0.699. The van der Waals surface area contributed by atoms with Gasteiger partial charge in [-0.3, -0.25) is 4.79 Å². The summed E-state index contributed by atoms with van der Waals surface area (Å²) in [5.41, 5.74) is 3.02. The normalized spacial score (nSPS) is 15.0. The summed E-state index contributed by atoms with van der Waals surface area (Å²) in [6, 6.07) is 9.23. The standard InChI is InChI=1S/C21H16Br3FN4O/c1-21(2)9-16-19(27-26-18-14(23)7-12(22)8-15(18)24)17(10-21)29(28-16)20(30)11-3-5-13(25)6-4-11/h3-8H,9-10H2,1-2H3. The maximum atomic E-state index is 13.3. The van der Waals surface area contributed by atoms with Crippen LogP contribution < -0.4 is 0 Å². The second-order valence-corrected chi connectivity index (χ2v) is 10.5. The van der Waals surface area contributed by atoms with Crippen molar-refractivity contribution in [3.05, 3.63) is 72.6 Å². The Morgan fingerprint density at radius 3 is 2.27 bits per heavy atom. The fraction of sp³-hybridized carbons (Fsp3) is 0.238. The molecule has 2 bridgehead atoms. The highest BCUT2D eigenvalue weighted by molar-refractivity contribution is 9.11. The van der Waals surface area contributed by atoms with Crippen molar-refractivity contribution < 1.29 is 9.18 Å². The van der Waals surface area contributed by atoms with Crippen LogP contribution in [0.25, 0.3) is 0 Å². The van der Waals surface area contributed by atoms with Crippen LogP contribution in [0.4, 0.5) is 15.8 Å². The molecule has 154 valence electrons. The van der Waals surface area contributed by atoms with Crippen molar-refractivity contribution >= 4 is 65.1 Å². The second kappa shape index (κ2) is 8.09. The number of carbonyl (C=O) groups is 1. The van der Waals surface area contributed by atoms with E-state index in [9.17, 15) is 9.18 Å². The highest BCUT2D eigenvalue weighted by atomic mass is 79.9. The molecule has 2 aromatic carbocycles. The highest BCUT2D eigenvalue weighted by Crippen LogP contribution is 2.43. The number of hydrogen-bond donors (Lipinski definition) is 0. The lowest BCUT2D eigenvalue weighted by atomic mass is 9.79. The Kier molecular flexibility index (Phi) is 5.80. The molecule has 0 aliphatic heterocycles. The molecule has 0 radical (unpaired) electrons. The number of benzene rings is 2. The molecule has 0 spiro atoms. The Balaban J connectivity index is 1.77. The molecule has 30 heavy (non-hydrogen) atoms. The third kappa shape index (κ3) is 4.20. The van der Waals surface area contributed by atoms with E-state index in [4.69, 9.17) is 0 Å². The first kappa shape index (κ1) is 21.5. The molecule has 1 aliphatic carbocycles. The number of hydrogen-bond acceptors (Lipinski definition) is 4. The van der Waals surface area contributed by atoms with Crippen molar-refractivity contribution in [3.63, 3.8) is 0 Å². The molecule has 0 amide bonds. The topological polar surface area (TPSA) is 59.6 Å². The van der Waals surface area contributed by atoms with Crippen LogP contribution in [0, 0.1) is 11.2 Å². The van der Waals surface area contributed by atoms with Gasteiger partial charge in [-0.25, -0.2) is 4.39 Å². The van der Waals surface area contributed by atoms with Gasteiger partial charge in [0, 0.05) is 19.0 Å². The Morgan fingerprint density at radius 2 is 1.63 bits per heavy atom. The van der Waals surface area contributed by atoms with Gasteiger partial charge in [0.05, 0.1) is 11.4 Å². The summed E-state index contributed by atoms with van der Waals surface area (Å²) in [6.45, 7) is 4.26. The predicted molar refractivity (Wildman–Crippen MR) is 123 cm³/mol. The zero-order valence-corrected chi connectivity index (χ0v) is 20.8. The Morgan fingerprint density at radius 1 is 1.03 bits per heavy atom. The Bertz CT molecular complexity index is 1160. The Labute approximate surface area is 198 Å². The zero-order chi connectivity index (χ0) is 21.6. The largest absolute Gasteiger partial charge is 0.278 e. The van der Waals surface area contributed by atoms with Crippen LogP contribution in [0.3, 0.4) is 0 Å². The van der Waals surface area contributed by atoms with Gasteiger partial charge in [-0.15, -0.1) is 10.2 Å². The summed E-state index contributed by atoms with van der Waals surface area (Å²) >= 11 is 10.4. The minimum absolute atomic E-state index is 0.0518. The van der Waals surface area contributed by atoms with Gasteiger partial charge in [0.2, 0.25) is 0 Å². The molecule has 0 saturated heterocycles. The van der Waals surface area contributed by atoms with E-state index in [2.05, 4.69) is 77.0 Å². The average molecular weight is 599 g/mol. The molecule has 3 aromatic rings. The van der Waals surface area contributed by atoms with Crippen LogP contribution in [0.2, 0.25) is 0 Å². The SMILES string of the molecule is CC1(C)Cc2nn(C(=O)c3ccc(F)cc3)c(c2N=Nc2c(Br)cc(Br)cc2Br)C1. The first-order valence-electron chi connectivity index (χ1n) is 9.12. The predicted octanol–water partition coefficient (Wildman–Crippen LogP) is 7.54. The lowest BCUT2D eigenvalue weighted by Crippen LogP contribution is -2.23. The Hall–Kier alpha value is -1.71. The summed E-state index contributed by atoms with van der Waals surface area (Å²) in [5, 5.41) is 13.4. The maximum Gasteiger partial charge on any atom is 0.278 e. The van der Waals surface area contributed by atoms with E-state index in [1.165, 1.54) is 28.9 Å². The van der Waals surface area contributed by atoms with Crippen LogP contribution in [-0.4, -0.2) is 15.7 Å². The number of carbonyl (C=O) groups excluding carboxylic acids is 1. The van der Waals surface area contributed by atoms with Crippen LogP contribution in [-0.2, 0) is 12.8 Å². The van der Waals surface area contributed by atoms with E-state index in [1.807, 2.05) is 12.1 Å². The number of halogens is 4. The van der Waals surface area contributed by atoms with Crippen molar-refractivity contribution in [1.29, 1.82) is 0 Å². The van der Waals surface area contributed by atoms with Crippen LogP contribution in [0.15, 0.2) is 60.0 Å². The second-order valence-electron chi connectivity index (χ2n) is 7.90. The third-order valence-corrected chi connectivity index (χ3v) is 6.50. The zero-order valence-electron chi connectivity index (χ0n) is 16.1. The van der Waals surface area contributed by atoms with Gasteiger partial charge >= 0.3 is 0 Å². The molecule has 4 rings (SSSR count). The molecule has 0 N–H and O–H groups in total.